The predicted molar refractivity (Wildman–Crippen MR) is 104 cm³/mol. The van der Waals surface area contributed by atoms with Gasteiger partial charge in [-0.05, 0) is 23.2 Å². The van der Waals surface area contributed by atoms with Crippen LogP contribution in [0.15, 0.2) is 36.4 Å². The molecule has 0 spiro atoms. The molecule has 0 fully saturated rings. The second kappa shape index (κ2) is 8.58. The van der Waals surface area contributed by atoms with E-state index in [4.69, 9.17) is 21.1 Å². The highest BCUT2D eigenvalue weighted by Gasteiger charge is 2.17. The molecule has 0 unspecified atom stereocenters. The Kier molecular flexibility index (Phi) is 6.20. The number of ether oxygens (including phenoxy) is 2. The summed E-state index contributed by atoms with van der Waals surface area (Å²) in [6.45, 7) is 2.61. The molecule has 5 nitrogen and oxygen atoms in total. The van der Waals surface area contributed by atoms with Gasteiger partial charge in [0, 0.05) is 32.2 Å². The molecule has 0 amide bonds. The quantitative estimate of drug-likeness (QED) is 0.553. The lowest BCUT2D eigenvalue weighted by molar-refractivity contribution is 0.190. The van der Waals surface area contributed by atoms with Crippen LogP contribution in [-0.2, 0) is 9.47 Å². The number of halogens is 1. The average Bonchev–Trinajstić information content (AvgIpc) is 3.06. The largest absolute Gasteiger partial charge is 0.383 e. The van der Waals surface area contributed by atoms with Crippen LogP contribution in [0.1, 0.15) is 0 Å². The van der Waals surface area contributed by atoms with Gasteiger partial charge in [-0.2, -0.15) is 4.98 Å². The molecule has 3 rings (SSSR count). The minimum atomic E-state index is 0.254. The Balaban J connectivity index is 2.04. The van der Waals surface area contributed by atoms with Gasteiger partial charge in [0.05, 0.1) is 18.6 Å². The summed E-state index contributed by atoms with van der Waals surface area (Å²) in [5.74, 6) is 0.822. The second-order valence-corrected chi connectivity index (χ2v) is 6.85. The molecule has 7 heteroatoms. The number of anilines is 1. The number of hydrogen-bond donors (Lipinski definition) is 0. The van der Waals surface area contributed by atoms with Crippen molar-refractivity contribution in [2.24, 2.45) is 0 Å². The molecular weight excluding hydrogens is 358 g/mol. The highest BCUT2D eigenvalue weighted by molar-refractivity contribution is 7.22. The summed E-state index contributed by atoms with van der Waals surface area (Å²) in [4.78, 5) is 13.1. The van der Waals surface area contributed by atoms with Gasteiger partial charge < -0.3 is 14.4 Å². The zero-order valence-corrected chi connectivity index (χ0v) is 15.8. The fourth-order valence-corrected chi connectivity index (χ4v) is 3.84. The molecule has 0 saturated carbocycles. The molecule has 0 aliphatic heterocycles. The number of nitrogens with zero attached hydrogens (tertiary/aromatic N) is 3. The standard InChI is InChI=1S/C18H20ClN3O2S/c1-23-10-8-22(9-11-24-2)16-14-12-15(13-6-4-3-5-7-13)25-17(14)21-18(19)20-16/h3-7,12H,8-11H2,1-2H3. The van der Waals surface area contributed by atoms with E-state index < -0.39 is 0 Å². The Bertz CT molecular complexity index is 818. The van der Waals surface area contributed by atoms with Crippen molar-refractivity contribution in [1.29, 1.82) is 0 Å². The topological polar surface area (TPSA) is 47.5 Å². The molecule has 2 heterocycles. The van der Waals surface area contributed by atoms with E-state index in [1.807, 2.05) is 18.2 Å². The minimum Gasteiger partial charge on any atom is -0.383 e. The van der Waals surface area contributed by atoms with Gasteiger partial charge >= 0.3 is 0 Å². The summed E-state index contributed by atoms with van der Waals surface area (Å²) < 4.78 is 10.5. The van der Waals surface area contributed by atoms with E-state index in [0.29, 0.717) is 26.3 Å². The molecule has 1 aromatic carbocycles. The SMILES string of the molecule is COCCN(CCOC)c1nc(Cl)nc2sc(-c3ccccc3)cc12. The molecule has 0 aliphatic rings. The summed E-state index contributed by atoms with van der Waals surface area (Å²) in [5, 5.41) is 1.25. The maximum Gasteiger partial charge on any atom is 0.225 e. The molecule has 0 saturated heterocycles. The second-order valence-electron chi connectivity index (χ2n) is 5.48. The average molecular weight is 378 g/mol. The number of aromatic nitrogens is 2. The number of hydrogen-bond acceptors (Lipinski definition) is 6. The predicted octanol–water partition coefficient (Wildman–Crippen LogP) is 4.11. The van der Waals surface area contributed by atoms with Crippen molar-refractivity contribution in [2.75, 3.05) is 45.4 Å². The zero-order valence-electron chi connectivity index (χ0n) is 14.2. The number of benzene rings is 1. The monoisotopic (exact) mass is 377 g/mol. The first-order chi connectivity index (χ1) is 12.2. The number of thiophene rings is 1. The smallest absolute Gasteiger partial charge is 0.225 e. The van der Waals surface area contributed by atoms with Crippen LogP contribution in [0.4, 0.5) is 5.82 Å². The van der Waals surface area contributed by atoms with E-state index in [0.717, 1.165) is 26.5 Å². The van der Waals surface area contributed by atoms with Crippen LogP contribution >= 0.6 is 22.9 Å². The maximum atomic E-state index is 6.19. The van der Waals surface area contributed by atoms with Crippen LogP contribution in [0.2, 0.25) is 5.28 Å². The first kappa shape index (κ1) is 18.1. The van der Waals surface area contributed by atoms with Gasteiger partial charge in [-0.1, -0.05) is 30.3 Å². The summed E-state index contributed by atoms with van der Waals surface area (Å²) in [5.41, 5.74) is 1.16. The van der Waals surface area contributed by atoms with Crippen molar-refractivity contribution in [2.45, 2.75) is 0 Å². The van der Waals surface area contributed by atoms with E-state index in [2.05, 4.69) is 33.1 Å². The Morgan fingerprint density at radius 1 is 1.04 bits per heavy atom. The Morgan fingerprint density at radius 2 is 1.72 bits per heavy atom. The first-order valence-corrected chi connectivity index (χ1v) is 9.17. The van der Waals surface area contributed by atoms with Gasteiger partial charge in [-0.3, -0.25) is 0 Å². The zero-order chi connectivity index (χ0) is 17.6. The Morgan fingerprint density at radius 3 is 2.36 bits per heavy atom. The van der Waals surface area contributed by atoms with E-state index in [-0.39, 0.29) is 5.28 Å². The van der Waals surface area contributed by atoms with E-state index in [1.165, 1.54) is 0 Å². The number of fused-ring (bicyclic) bond motifs is 1. The van der Waals surface area contributed by atoms with Crippen LogP contribution < -0.4 is 4.90 Å². The summed E-state index contributed by atoms with van der Waals surface area (Å²) in [6, 6.07) is 12.4. The highest BCUT2D eigenvalue weighted by Crippen LogP contribution is 2.37. The van der Waals surface area contributed by atoms with E-state index in [9.17, 15) is 0 Å². The van der Waals surface area contributed by atoms with Crippen molar-refractivity contribution in [3.63, 3.8) is 0 Å². The molecule has 0 aliphatic carbocycles. The third kappa shape index (κ3) is 4.27. The molecule has 2 aromatic heterocycles. The van der Waals surface area contributed by atoms with Crippen LogP contribution in [0.25, 0.3) is 20.7 Å². The van der Waals surface area contributed by atoms with Crippen molar-refractivity contribution in [3.8, 4) is 10.4 Å². The fraction of sp³-hybridized carbons (Fsp3) is 0.333. The molecular formula is C18H20ClN3O2S. The minimum absolute atomic E-state index is 0.254. The Hall–Kier alpha value is -1.73. The molecule has 25 heavy (non-hydrogen) atoms. The summed E-state index contributed by atoms with van der Waals surface area (Å²) in [6.07, 6.45) is 0. The number of rotatable bonds is 8. The summed E-state index contributed by atoms with van der Waals surface area (Å²) in [7, 11) is 3.38. The van der Waals surface area contributed by atoms with Gasteiger partial charge in [0.25, 0.3) is 0 Å². The molecule has 0 radical (unpaired) electrons. The third-order valence-electron chi connectivity index (χ3n) is 3.83. The van der Waals surface area contributed by atoms with Crippen molar-refractivity contribution in [3.05, 3.63) is 41.7 Å². The fourth-order valence-electron chi connectivity index (χ4n) is 2.59. The van der Waals surface area contributed by atoms with Crippen LogP contribution in [0.3, 0.4) is 0 Å². The highest BCUT2D eigenvalue weighted by atomic mass is 35.5. The van der Waals surface area contributed by atoms with E-state index >= 15 is 0 Å². The molecule has 0 atom stereocenters. The normalized spacial score (nSPS) is 11.2. The molecule has 0 bridgehead atoms. The van der Waals surface area contributed by atoms with Crippen LogP contribution in [0.5, 0.6) is 0 Å². The third-order valence-corrected chi connectivity index (χ3v) is 5.08. The Labute approximate surface area is 156 Å². The lowest BCUT2D eigenvalue weighted by atomic mass is 10.2. The molecule has 132 valence electrons. The van der Waals surface area contributed by atoms with Crippen molar-refractivity contribution < 1.29 is 9.47 Å². The van der Waals surface area contributed by atoms with Gasteiger partial charge in [0.15, 0.2) is 0 Å². The van der Waals surface area contributed by atoms with Gasteiger partial charge in [-0.15, -0.1) is 11.3 Å². The summed E-state index contributed by atoms with van der Waals surface area (Å²) >= 11 is 7.81. The first-order valence-electron chi connectivity index (χ1n) is 7.98. The maximum absolute atomic E-state index is 6.19. The van der Waals surface area contributed by atoms with Gasteiger partial charge in [0.2, 0.25) is 5.28 Å². The van der Waals surface area contributed by atoms with E-state index in [1.54, 1.807) is 25.6 Å². The van der Waals surface area contributed by atoms with Gasteiger partial charge in [-0.25, -0.2) is 4.98 Å². The van der Waals surface area contributed by atoms with Crippen LogP contribution in [0, 0.1) is 0 Å². The van der Waals surface area contributed by atoms with Crippen molar-refractivity contribution in [1.82, 2.24) is 9.97 Å². The lowest BCUT2D eigenvalue weighted by Crippen LogP contribution is -2.31. The van der Waals surface area contributed by atoms with Crippen LogP contribution in [-0.4, -0.2) is 50.5 Å². The van der Waals surface area contributed by atoms with Gasteiger partial charge in [0.1, 0.15) is 10.6 Å². The molecule has 0 N–H and O–H groups in total. The van der Waals surface area contributed by atoms with Crippen molar-refractivity contribution >= 4 is 39.0 Å². The molecule has 3 aromatic rings. The lowest BCUT2D eigenvalue weighted by Gasteiger charge is -2.23. The number of methoxy groups -OCH3 is 2.